The van der Waals surface area contributed by atoms with E-state index in [1.807, 2.05) is 37.4 Å². The lowest BCUT2D eigenvalue weighted by atomic mass is 10.1. The molecule has 0 saturated carbocycles. The lowest BCUT2D eigenvalue weighted by Gasteiger charge is -2.21. The summed E-state index contributed by atoms with van der Waals surface area (Å²) in [6.45, 7) is 0. The molecule has 0 aliphatic carbocycles. The molecular formula is C17H16N6O. The number of carbonyl (C=O) groups is 1. The average molecular weight is 320 g/mol. The maximum atomic E-state index is 11.4. The molecule has 0 radical (unpaired) electrons. The summed E-state index contributed by atoms with van der Waals surface area (Å²) in [6, 6.07) is 14.3. The van der Waals surface area contributed by atoms with Crippen molar-refractivity contribution in [2.45, 2.75) is 0 Å². The first-order chi connectivity index (χ1) is 11.5. The third-order valence-corrected chi connectivity index (χ3v) is 3.81. The summed E-state index contributed by atoms with van der Waals surface area (Å²) in [4.78, 5) is 17.5. The summed E-state index contributed by atoms with van der Waals surface area (Å²) in [5.41, 5.74) is 7.14. The number of rotatable bonds is 4. The second kappa shape index (κ2) is 5.96. The van der Waals surface area contributed by atoms with Gasteiger partial charge in [-0.05, 0) is 30.3 Å². The monoisotopic (exact) mass is 320 g/mol. The molecule has 0 spiro atoms. The van der Waals surface area contributed by atoms with Crippen LogP contribution in [0.5, 0.6) is 0 Å². The highest BCUT2D eigenvalue weighted by Gasteiger charge is 2.14. The van der Waals surface area contributed by atoms with Gasteiger partial charge in [0.15, 0.2) is 0 Å². The fourth-order valence-corrected chi connectivity index (χ4v) is 2.58. The van der Waals surface area contributed by atoms with E-state index in [0.717, 1.165) is 17.4 Å². The van der Waals surface area contributed by atoms with Gasteiger partial charge in [0.2, 0.25) is 11.5 Å². The number of nitrogens with one attached hydrogen (secondary N) is 2. The van der Waals surface area contributed by atoms with Crippen molar-refractivity contribution in [2.24, 2.45) is 5.73 Å². The lowest BCUT2D eigenvalue weighted by molar-refractivity contribution is 0.100. The molecule has 0 atom stereocenters. The molecule has 3 aromatic rings. The van der Waals surface area contributed by atoms with Crippen molar-refractivity contribution in [2.75, 3.05) is 11.9 Å². The van der Waals surface area contributed by atoms with E-state index in [1.54, 1.807) is 23.1 Å². The Hall–Kier alpha value is -3.48. The molecule has 1 amide bonds. The third kappa shape index (κ3) is 2.52. The number of nitrogens with zero attached hydrogens (tertiary/aromatic N) is 3. The van der Waals surface area contributed by atoms with Crippen LogP contribution >= 0.6 is 0 Å². The minimum absolute atomic E-state index is 0.0448. The van der Waals surface area contributed by atoms with Gasteiger partial charge in [-0.1, -0.05) is 18.2 Å². The van der Waals surface area contributed by atoms with Crippen LogP contribution in [0, 0.1) is 10.8 Å². The Morgan fingerprint density at radius 3 is 2.71 bits per heavy atom. The number of fused-ring (bicyclic) bond motifs is 1. The van der Waals surface area contributed by atoms with Gasteiger partial charge in [-0.2, -0.15) is 4.98 Å². The van der Waals surface area contributed by atoms with Crippen molar-refractivity contribution in [3.8, 4) is 0 Å². The molecule has 1 heterocycles. The zero-order chi connectivity index (χ0) is 17.3. The minimum Gasteiger partial charge on any atom is -0.366 e. The molecule has 7 nitrogen and oxygen atoms in total. The summed E-state index contributed by atoms with van der Waals surface area (Å²) < 4.78 is 1.40. The Bertz CT molecular complexity index is 1010. The predicted octanol–water partition coefficient (Wildman–Crippen LogP) is 1.84. The quantitative estimate of drug-likeness (QED) is 0.503. The van der Waals surface area contributed by atoms with Crippen LogP contribution in [0.15, 0.2) is 48.5 Å². The maximum Gasteiger partial charge on any atom is 0.248 e. The molecule has 3 rings (SSSR count). The molecule has 0 aliphatic rings. The highest BCUT2D eigenvalue weighted by atomic mass is 16.1. The van der Waals surface area contributed by atoms with Gasteiger partial charge in [-0.25, -0.2) is 0 Å². The second-order valence-corrected chi connectivity index (χ2v) is 5.25. The van der Waals surface area contributed by atoms with Crippen molar-refractivity contribution in [3.05, 3.63) is 59.7 Å². The highest BCUT2D eigenvalue weighted by molar-refractivity contribution is 5.96. The SMILES string of the molecule is CN(c1cccc(C(N)=O)c1)c1nc(=N)n(C=N)c2ccccc12. The first-order valence-electron chi connectivity index (χ1n) is 7.23. The van der Waals surface area contributed by atoms with Gasteiger partial charge < -0.3 is 10.6 Å². The molecular weight excluding hydrogens is 304 g/mol. The normalized spacial score (nSPS) is 10.5. The van der Waals surface area contributed by atoms with Crippen LogP contribution in [-0.4, -0.2) is 28.8 Å². The largest absolute Gasteiger partial charge is 0.366 e. The van der Waals surface area contributed by atoms with Crippen molar-refractivity contribution in [1.82, 2.24) is 9.55 Å². The number of para-hydroxylation sites is 1. The Balaban J connectivity index is 2.23. The zero-order valence-corrected chi connectivity index (χ0v) is 13.0. The number of aromatic nitrogens is 2. The topological polar surface area (TPSA) is 112 Å². The molecule has 4 N–H and O–H groups in total. The molecule has 0 aliphatic heterocycles. The molecule has 0 bridgehead atoms. The van der Waals surface area contributed by atoms with Gasteiger partial charge in [0.1, 0.15) is 5.82 Å². The van der Waals surface area contributed by atoms with Gasteiger partial charge in [0.05, 0.1) is 11.9 Å². The van der Waals surface area contributed by atoms with Crippen LogP contribution in [0.3, 0.4) is 0 Å². The van der Waals surface area contributed by atoms with Gasteiger partial charge in [-0.15, -0.1) is 0 Å². The Kier molecular flexibility index (Phi) is 3.83. The number of carbonyl (C=O) groups excluding carboxylic acids is 1. The van der Waals surface area contributed by atoms with Crippen LogP contribution in [-0.2, 0) is 0 Å². The summed E-state index contributed by atoms with van der Waals surface area (Å²) in [7, 11) is 1.81. The van der Waals surface area contributed by atoms with E-state index in [-0.39, 0.29) is 5.62 Å². The number of amides is 1. The molecule has 24 heavy (non-hydrogen) atoms. The van der Waals surface area contributed by atoms with Crippen LogP contribution in [0.2, 0.25) is 0 Å². The predicted molar refractivity (Wildman–Crippen MR) is 92.8 cm³/mol. The van der Waals surface area contributed by atoms with E-state index < -0.39 is 5.91 Å². The van der Waals surface area contributed by atoms with Gasteiger partial charge in [0, 0.05) is 23.7 Å². The van der Waals surface area contributed by atoms with Crippen molar-refractivity contribution in [1.29, 1.82) is 10.8 Å². The lowest BCUT2D eigenvalue weighted by Crippen LogP contribution is -2.26. The number of benzene rings is 2. The van der Waals surface area contributed by atoms with Crippen LogP contribution in [0.25, 0.3) is 10.9 Å². The number of hydrogen-bond acceptors (Lipinski definition) is 5. The van der Waals surface area contributed by atoms with Crippen LogP contribution < -0.4 is 16.3 Å². The van der Waals surface area contributed by atoms with E-state index in [1.165, 1.54) is 4.57 Å². The smallest absolute Gasteiger partial charge is 0.248 e. The first kappa shape index (κ1) is 15.4. The van der Waals surface area contributed by atoms with E-state index in [0.29, 0.717) is 16.9 Å². The molecule has 2 aromatic carbocycles. The summed E-state index contributed by atoms with van der Waals surface area (Å²) in [6.07, 6.45) is 1.06. The fraction of sp³-hybridized carbons (Fsp3) is 0.0588. The zero-order valence-electron chi connectivity index (χ0n) is 13.0. The fourth-order valence-electron chi connectivity index (χ4n) is 2.58. The Morgan fingerprint density at radius 1 is 1.25 bits per heavy atom. The van der Waals surface area contributed by atoms with Gasteiger partial charge in [0.25, 0.3) is 0 Å². The van der Waals surface area contributed by atoms with Gasteiger partial charge >= 0.3 is 0 Å². The van der Waals surface area contributed by atoms with E-state index >= 15 is 0 Å². The van der Waals surface area contributed by atoms with Gasteiger partial charge in [-0.3, -0.25) is 20.2 Å². The third-order valence-electron chi connectivity index (χ3n) is 3.81. The first-order valence-corrected chi connectivity index (χ1v) is 7.23. The van der Waals surface area contributed by atoms with E-state index in [2.05, 4.69) is 4.98 Å². The summed E-state index contributed by atoms with van der Waals surface area (Å²) in [5.74, 6) is 0.0641. The van der Waals surface area contributed by atoms with Crippen LogP contribution in [0.1, 0.15) is 10.4 Å². The molecule has 7 heteroatoms. The summed E-state index contributed by atoms with van der Waals surface area (Å²) >= 11 is 0. The second-order valence-electron chi connectivity index (χ2n) is 5.25. The standard InChI is InChI=1S/C17H16N6O/c1-22(12-6-4-5-11(9-12)15(19)24)16-13-7-2-3-8-14(13)23(10-18)17(20)21-16/h2-10,18,20H,1H3,(H2,19,24). The summed E-state index contributed by atoms with van der Waals surface area (Å²) in [5, 5.41) is 16.4. The van der Waals surface area contributed by atoms with E-state index in [9.17, 15) is 4.79 Å². The average Bonchev–Trinajstić information content (AvgIpc) is 2.60. The molecule has 0 fully saturated rings. The number of nitrogens with two attached hydrogens (primary N) is 1. The van der Waals surface area contributed by atoms with Crippen molar-refractivity contribution < 1.29 is 4.79 Å². The number of primary amides is 1. The molecule has 0 unspecified atom stereocenters. The molecule has 1 aromatic heterocycles. The Morgan fingerprint density at radius 2 is 2.00 bits per heavy atom. The Labute approximate surface area is 138 Å². The van der Waals surface area contributed by atoms with Crippen LogP contribution in [0.4, 0.5) is 11.5 Å². The van der Waals surface area contributed by atoms with Crippen molar-refractivity contribution >= 4 is 34.7 Å². The number of anilines is 2. The highest BCUT2D eigenvalue weighted by Crippen LogP contribution is 2.28. The maximum absolute atomic E-state index is 11.4. The molecule has 120 valence electrons. The minimum atomic E-state index is -0.501. The number of hydrogen-bond donors (Lipinski definition) is 3. The van der Waals surface area contributed by atoms with E-state index in [4.69, 9.17) is 16.6 Å². The van der Waals surface area contributed by atoms with Crippen molar-refractivity contribution in [3.63, 3.8) is 0 Å². The molecule has 0 saturated heterocycles.